The predicted molar refractivity (Wildman–Crippen MR) is 90.1 cm³/mol. The summed E-state index contributed by atoms with van der Waals surface area (Å²) >= 11 is 10.8. The minimum atomic E-state index is -3.63. The number of halogens is 2. The zero-order valence-corrected chi connectivity index (χ0v) is 15.2. The van der Waals surface area contributed by atoms with Gasteiger partial charge in [0, 0.05) is 23.0 Å². The van der Waals surface area contributed by atoms with Gasteiger partial charge in [0.25, 0.3) is 0 Å². The minimum absolute atomic E-state index is 0.172. The van der Waals surface area contributed by atoms with Crippen molar-refractivity contribution in [3.8, 4) is 0 Å². The van der Waals surface area contributed by atoms with Crippen molar-refractivity contribution < 1.29 is 8.42 Å². The number of nitrogens with two attached hydrogens (primary N) is 1. The third-order valence-electron chi connectivity index (χ3n) is 3.01. The Morgan fingerprint density at radius 3 is 2.67 bits per heavy atom. The molecule has 0 atom stereocenters. The van der Waals surface area contributed by atoms with Crippen molar-refractivity contribution in [3.05, 3.63) is 49.1 Å². The van der Waals surface area contributed by atoms with E-state index in [0.29, 0.717) is 10.6 Å². The highest BCUT2D eigenvalue weighted by Crippen LogP contribution is 2.25. The van der Waals surface area contributed by atoms with Gasteiger partial charge in [-0.15, -0.1) is 11.3 Å². The van der Waals surface area contributed by atoms with Gasteiger partial charge in [-0.2, -0.15) is 0 Å². The Labute approximate surface area is 141 Å². The summed E-state index contributed by atoms with van der Waals surface area (Å²) in [5, 5.41) is 0.361. The summed E-state index contributed by atoms with van der Waals surface area (Å²) in [6.07, 6.45) is 0. The van der Waals surface area contributed by atoms with Crippen LogP contribution >= 0.6 is 38.9 Å². The maximum atomic E-state index is 12.4. The fraction of sp³-hybridized carbons (Fsp3) is 0.231. The molecule has 0 fully saturated rings. The predicted octanol–water partition coefficient (Wildman–Crippen LogP) is 3.41. The number of hydrogen-bond acceptors (Lipinski definition) is 4. The number of hydrogen-bond donors (Lipinski definition) is 2. The molecule has 3 N–H and O–H groups in total. The first kappa shape index (κ1) is 16.9. The Morgan fingerprint density at radius 2 is 2.10 bits per heavy atom. The van der Waals surface area contributed by atoms with Crippen LogP contribution in [0.4, 0.5) is 0 Å². The van der Waals surface area contributed by atoms with Gasteiger partial charge in [0.15, 0.2) is 0 Å². The van der Waals surface area contributed by atoms with E-state index in [4.69, 9.17) is 17.3 Å². The van der Waals surface area contributed by atoms with Gasteiger partial charge < -0.3 is 5.73 Å². The quantitative estimate of drug-likeness (QED) is 0.795. The molecule has 1 heterocycles. The topological polar surface area (TPSA) is 72.2 Å². The van der Waals surface area contributed by atoms with E-state index in [1.165, 1.54) is 17.4 Å². The second-order valence-electron chi connectivity index (χ2n) is 4.42. The monoisotopic (exact) mass is 408 g/mol. The first-order valence-corrected chi connectivity index (χ1v) is 9.53. The lowest BCUT2D eigenvalue weighted by Gasteiger charge is -2.12. The van der Waals surface area contributed by atoms with Crippen molar-refractivity contribution in [2.24, 2.45) is 5.73 Å². The first-order valence-electron chi connectivity index (χ1n) is 6.06. The summed E-state index contributed by atoms with van der Waals surface area (Å²) in [6, 6.07) is 6.88. The van der Waals surface area contributed by atoms with E-state index in [9.17, 15) is 8.42 Å². The Hall–Kier alpha value is -0.440. The first-order chi connectivity index (χ1) is 9.83. The summed E-state index contributed by atoms with van der Waals surface area (Å²) in [5.74, 6) is 0. The van der Waals surface area contributed by atoms with Crippen LogP contribution in [0.2, 0.25) is 5.02 Å². The fourth-order valence-electron chi connectivity index (χ4n) is 1.89. The smallest absolute Gasteiger partial charge is 0.241 e. The van der Waals surface area contributed by atoms with Gasteiger partial charge in [-0.3, -0.25) is 0 Å². The average Bonchev–Trinajstić information content (AvgIpc) is 2.84. The molecule has 4 nitrogen and oxygen atoms in total. The summed E-state index contributed by atoms with van der Waals surface area (Å²) in [7, 11) is -3.63. The summed E-state index contributed by atoms with van der Waals surface area (Å²) in [6.45, 7) is 2.21. The van der Waals surface area contributed by atoms with E-state index in [-0.39, 0.29) is 18.0 Å². The normalized spacial score (nSPS) is 11.8. The van der Waals surface area contributed by atoms with Crippen molar-refractivity contribution in [1.29, 1.82) is 0 Å². The van der Waals surface area contributed by atoms with Crippen molar-refractivity contribution in [1.82, 2.24) is 4.72 Å². The second-order valence-corrected chi connectivity index (χ2v) is 9.14. The van der Waals surface area contributed by atoms with Gasteiger partial charge in [-0.25, -0.2) is 13.1 Å². The van der Waals surface area contributed by atoms with Crippen LogP contribution in [0.3, 0.4) is 0 Å². The molecule has 114 valence electrons. The maximum absolute atomic E-state index is 12.4. The highest BCUT2D eigenvalue weighted by atomic mass is 79.9. The van der Waals surface area contributed by atoms with Crippen LogP contribution in [0, 0.1) is 6.92 Å². The van der Waals surface area contributed by atoms with Gasteiger partial charge in [0.1, 0.15) is 0 Å². The third-order valence-corrected chi connectivity index (χ3v) is 6.38. The molecule has 0 saturated heterocycles. The molecular formula is C13H14BrClN2O2S2. The molecule has 0 unspecified atom stereocenters. The molecule has 0 aliphatic carbocycles. The molecule has 0 radical (unpaired) electrons. The summed E-state index contributed by atoms with van der Waals surface area (Å²) in [5.41, 5.74) is 6.97. The van der Waals surface area contributed by atoms with Crippen LogP contribution in [0.25, 0.3) is 0 Å². The van der Waals surface area contributed by atoms with E-state index >= 15 is 0 Å². The van der Waals surface area contributed by atoms with Gasteiger partial charge in [-0.1, -0.05) is 11.6 Å². The highest BCUT2D eigenvalue weighted by molar-refractivity contribution is 9.11. The van der Waals surface area contributed by atoms with E-state index in [0.717, 1.165) is 14.2 Å². The maximum Gasteiger partial charge on any atom is 0.241 e. The molecule has 0 saturated carbocycles. The lowest BCUT2D eigenvalue weighted by atomic mass is 10.1. The van der Waals surface area contributed by atoms with Crippen LogP contribution in [-0.4, -0.2) is 8.42 Å². The molecule has 0 amide bonds. The average molecular weight is 410 g/mol. The van der Waals surface area contributed by atoms with Crippen LogP contribution < -0.4 is 10.5 Å². The minimum Gasteiger partial charge on any atom is -0.326 e. The van der Waals surface area contributed by atoms with Crippen molar-refractivity contribution >= 4 is 48.9 Å². The van der Waals surface area contributed by atoms with E-state index in [2.05, 4.69) is 20.7 Å². The fourth-order valence-corrected chi connectivity index (χ4v) is 5.03. The van der Waals surface area contributed by atoms with Gasteiger partial charge in [0.05, 0.1) is 8.68 Å². The van der Waals surface area contributed by atoms with E-state index < -0.39 is 10.0 Å². The number of sulfonamides is 1. The molecule has 0 aliphatic rings. The van der Waals surface area contributed by atoms with E-state index in [1.807, 2.05) is 12.1 Å². The molecule has 0 bridgehead atoms. The SMILES string of the molecule is Cc1c(CN)cc(Cl)cc1S(=O)(=O)NCc1ccc(Br)s1. The molecule has 0 aliphatic heterocycles. The van der Waals surface area contributed by atoms with Crippen LogP contribution in [0.1, 0.15) is 16.0 Å². The number of benzene rings is 1. The molecule has 21 heavy (non-hydrogen) atoms. The Kier molecular flexibility index (Phi) is 5.45. The van der Waals surface area contributed by atoms with Crippen molar-refractivity contribution in [2.45, 2.75) is 24.9 Å². The molecule has 2 rings (SSSR count). The highest BCUT2D eigenvalue weighted by Gasteiger charge is 2.19. The van der Waals surface area contributed by atoms with Gasteiger partial charge >= 0.3 is 0 Å². The largest absolute Gasteiger partial charge is 0.326 e. The Bertz CT molecular complexity index is 760. The number of thiophene rings is 1. The summed E-state index contributed by atoms with van der Waals surface area (Å²) < 4.78 is 28.4. The van der Waals surface area contributed by atoms with Crippen LogP contribution in [-0.2, 0) is 23.1 Å². The lowest BCUT2D eigenvalue weighted by Crippen LogP contribution is -2.24. The molecular weight excluding hydrogens is 396 g/mol. The van der Waals surface area contributed by atoms with Crippen LogP contribution in [0.15, 0.2) is 32.9 Å². The summed E-state index contributed by atoms with van der Waals surface area (Å²) in [4.78, 5) is 1.09. The Morgan fingerprint density at radius 1 is 1.38 bits per heavy atom. The van der Waals surface area contributed by atoms with Crippen LogP contribution in [0.5, 0.6) is 0 Å². The number of rotatable bonds is 5. The number of nitrogens with one attached hydrogen (secondary N) is 1. The second kappa shape index (κ2) is 6.76. The zero-order valence-electron chi connectivity index (χ0n) is 11.2. The molecule has 0 spiro atoms. The van der Waals surface area contributed by atoms with Crippen molar-refractivity contribution in [3.63, 3.8) is 0 Å². The molecule has 1 aromatic heterocycles. The molecule has 8 heteroatoms. The molecule has 2 aromatic rings. The van der Waals surface area contributed by atoms with Gasteiger partial charge in [0.2, 0.25) is 10.0 Å². The van der Waals surface area contributed by atoms with Gasteiger partial charge in [-0.05, 0) is 58.2 Å². The zero-order chi connectivity index (χ0) is 15.6. The standard InChI is InChI=1S/C13H14BrClN2O2S2/c1-8-9(6-16)4-10(15)5-12(8)21(18,19)17-7-11-2-3-13(14)20-11/h2-5,17H,6-7,16H2,1H3. The van der Waals surface area contributed by atoms with E-state index in [1.54, 1.807) is 13.0 Å². The lowest BCUT2D eigenvalue weighted by molar-refractivity contribution is 0.581. The third kappa shape index (κ3) is 4.06. The Balaban J connectivity index is 2.29. The van der Waals surface area contributed by atoms with Crippen molar-refractivity contribution in [2.75, 3.05) is 0 Å². The molecule has 1 aromatic carbocycles.